The smallest absolute Gasteiger partial charge is 0.227 e. The normalized spacial score (nSPS) is 19.1. The first-order chi connectivity index (χ1) is 15.2. The summed E-state index contributed by atoms with van der Waals surface area (Å²) in [5, 5.41) is 3.13. The Labute approximate surface area is 184 Å². The van der Waals surface area contributed by atoms with Crippen molar-refractivity contribution in [3.8, 4) is 11.1 Å². The van der Waals surface area contributed by atoms with Crippen molar-refractivity contribution in [2.75, 3.05) is 19.6 Å². The second-order valence-corrected chi connectivity index (χ2v) is 8.39. The van der Waals surface area contributed by atoms with Crippen LogP contribution in [0, 0.1) is 5.41 Å². The molecule has 1 aliphatic heterocycles. The van der Waals surface area contributed by atoms with Gasteiger partial charge in [-0.05, 0) is 61.6 Å². The molecule has 5 nitrogen and oxygen atoms in total. The summed E-state index contributed by atoms with van der Waals surface area (Å²) in [5.41, 5.74) is 4.18. The molecule has 31 heavy (non-hydrogen) atoms. The van der Waals surface area contributed by atoms with E-state index in [-0.39, 0.29) is 5.91 Å². The van der Waals surface area contributed by atoms with Gasteiger partial charge in [0.25, 0.3) is 0 Å². The number of aromatic nitrogens is 2. The second kappa shape index (κ2) is 9.84. The first-order valence-electron chi connectivity index (χ1n) is 11.1. The first kappa shape index (κ1) is 21.2. The van der Waals surface area contributed by atoms with Crippen molar-refractivity contribution in [2.24, 2.45) is 5.41 Å². The molecule has 0 aliphatic carbocycles. The number of pyridine rings is 2. The van der Waals surface area contributed by atoms with Crippen LogP contribution in [0.3, 0.4) is 0 Å². The van der Waals surface area contributed by atoms with E-state index >= 15 is 0 Å². The number of likely N-dealkylation sites (tertiary alicyclic amines) is 1. The third kappa shape index (κ3) is 5.00. The summed E-state index contributed by atoms with van der Waals surface area (Å²) in [6.45, 7) is 5.20. The van der Waals surface area contributed by atoms with E-state index in [4.69, 9.17) is 0 Å². The van der Waals surface area contributed by atoms with E-state index < -0.39 is 5.41 Å². The van der Waals surface area contributed by atoms with Gasteiger partial charge < -0.3 is 5.32 Å². The van der Waals surface area contributed by atoms with Crippen LogP contribution in [0.25, 0.3) is 11.1 Å². The molecule has 1 saturated heterocycles. The van der Waals surface area contributed by atoms with Crippen molar-refractivity contribution in [3.63, 3.8) is 0 Å². The number of carbonyl (C=O) groups excluding carboxylic acids is 1. The van der Waals surface area contributed by atoms with E-state index in [0.29, 0.717) is 13.0 Å². The average molecular weight is 415 g/mol. The maximum Gasteiger partial charge on any atom is 0.227 e. The first-order valence-corrected chi connectivity index (χ1v) is 11.1. The van der Waals surface area contributed by atoms with E-state index in [1.807, 2.05) is 31.5 Å². The molecule has 1 amide bonds. The highest BCUT2D eigenvalue weighted by molar-refractivity contribution is 5.84. The molecule has 2 aromatic heterocycles. The minimum Gasteiger partial charge on any atom is -0.356 e. The predicted octanol–water partition coefficient (Wildman–Crippen LogP) is 4.10. The Morgan fingerprint density at radius 2 is 1.87 bits per heavy atom. The summed E-state index contributed by atoms with van der Waals surface area (Å²) in [5.74, 6) is 0.159. The van der Waals surface area contributed by atoms with Crippen molar-refractivity contribution in [3.05, 3.63) is 84.4 Å². The monoisotopic (exact) mass is 414 g/mol. The number of nitrogens with one attached hydrogen (secondary N) is 1. The molecule has 1 N–H and O–H groups in total. The van der Waals surface area contributed by atoms with Gasteiger partial charge in [0.15, 0.2) is 0 Å². The van der Waals surface area contributed by atoms with E-state index in [9.17, 15) is 4.79 Å². The fourth-order valence-electron chi connectivity index (χ4n) is 4.71. The fourth-order valence-corrected chi connectivity index (χ4v) is 4.71. The van der Waals surface area contributed by atoms with Gasteiger partial charge in [-0.25, -0.2) is 0 Å². The van der Waals surface area contributed by atoms with Gasteiger partial charge in [-0.1, -0.05) is 36.4 Å². The highest BCUT2D eigenvalue weighted by Gasteiger charge is 2.42. The fraction of sp³-hybridized carbons (Fsp3) is 0.346. The molecule has 0 radical (unpaired) electrons. The van der Waals surface area contributed by atoms with Gasteiger partial charge >= 0.3 is 0 Å². The van der Waals surface area contributed by atoms with Gasteiger partial charge in [-0.2, -0.15) is 0 Å². The summed E-state index contributed by atoms with van der Waals surface area (Å²) in [7, 11) is 0. The van der Waals surface area contributed by atoms with Crippen molar-refractivity contribution in [1.29, 1.82) is 0 Å². The lowest BCUT2D eigenvalue weighted by Gasteiger charge is -2.42. The quantitative estimate of drug-likeness (QED) is 0.632. The number of nitrogens with zero attached hydrogens (tertiary/aromatic N) is 3. The van der Waals surface area contributed by atoms with E-state index in [1.165, 1.54) is 11.1 Å². The lowest BCUT2D eigenvalue weighted by atomic mass is 9.73. The van der Waals surface area contributed by atoms with Crippen LogP contribution in [-0.2, 0) is 17.8 Å². The number of hydrogen-bond acceptors (Lipinski definition) is 4. The van der Waals surface area contributed by atoms with E-state index in [1.54, 1.807) is 12.4 Å². The Morgan fingerprint density at radius 3 is 2.61 bits per heavy atom. The van der Waals surface area contributed by atoms with Gasteiger partial charge in [0, 0.05) is 50.0 Å². The van der Waals surface area contributed by atoms with Crippen molar-refractivity contribution in [2.45, 2.75) is 32.7 Å². The Morgan fingerprint density at radius 1 is 1.06 bits per heavy atom. The van der Waals surface area contributed by atoms with Crippen molar-refractivity contribution < 1.29 is 4.79 Å². The number of benzene rings is 1. The number of hydrogen-bond donors (Lipinski definition) is 1. The maximum absolute atomic E-state index is 13.4. The molecule has 1 aromatic carbocycles. The molecule has 0 bridgehead atoms. The van der Waals surface area contributed by atoms with Crippen LogP contribution in [0.4, 0.5) is 0 Å². The Kier molecular flexibility index (Phi) is 6.73. The third-order valence-corrected chi connectivity index (χ3v) is 6.12. The van der Waals surface area contributed by atoms with Gasteiger partial charge in [-0.15, -0.1) is 0 Å². The molecule has 3 heterocycles. The van der Waals surface area contributed by atoms with Crippen LogP contribution in [0.15, 0.2) is 73.3 Å². The van der Waals surface area contributed by atoms with Crippen LogP contribution in [0.2, 0.25) is 0 Å². The van der Waals surface area contributed by atoms with E-state index in [0.717, 1.165) is 43.6 Å². The van der Waals surface area contributed by atoms with Crippen LogP contribution >= 0.6 is 0 Å². The summed E-state index contributed by atoms with van der Waals surface area (Å²) in [6.07, 6.45) is 10.0. The van der Waals surface area contributed by atoms with Crippen LogP contribution in [0.1, 0.15) is 30.9 Å². The van der Waals surface area contributed by atoms with Crippen LogP contribution in [-0.4, -0.2) is 40.4 Å². The lowest BCUT2D eigenvalue weighted by molar-refractivity contribution is -0.134. The minimum absolute atomic E-state index is 0.159. The number of piperidine rings is 1. The topological polar surface area (TPSA) is 58.1 Å². The molecular weight excluding hydrogens is 384 g/mol. The molecule has 5 heteroatoms. The predicted molar refractivity (Wildman–Crippen MR) is 123 cm³/mol. The summed E-state index contributed by atoms with van der Waals surface area (Å²) < 4.78 is 0. The third-order valence-electron chi connectivity index (χ3n) is 6.12. The standard InChI is InChI=1S/C26H30N4O/c1-2-29-25(31)26(12-7-15-30(20-26)19-21-8-5-13-27-17-21)16-22-9-3-4-11-24(22)23-10-6-14-28-18-23/h3-6,8-11,13-14,17-18H,2,7,12,15-16,19-20H2,1H3,(H,29,31)/t26-/m1/s1. The summed E-state index contributed by atoms with van der Waals surface area (Å²) in [6, 6.07) is 16.5. The zero-order valence-corrected chi connectivity index (χ0v) is 18.1. The Balaban J connectivity index is 1.64. The van der Waals surface area contributed by atoms with Crippen LogP contribution < -0.4 is 5.32 Å². The molecular formula is C26H30N4O. The van der Waals surface area contributed by atoms with Gasteiger partial charge in [0.2, 0.25) is 5.91 Å². The average Bonchev–Trinajstić information content (AvgIpc) is 2.81. The molecule has 4 rings (SSSR count). The molecule has 1 aliphatic rings. The lowest BCUT2D eigenvalue weighted by Crippen LogP contribution is -2.53. The molecule has 0 saturated carbocycles. The van der Waals surface area contributed by atoms with Gasteiger partial charge in [-0.3, -0.25) is 19.7 Å². The van der Waals surface area contributed by atoms with E-state index in [2.05, 4.69) is 56.6 Å². The molecule has 1 atom stereocenters. The second-order valence-electron chi connectivity index (χ2n) is 8.39. The minimum atomic E-state index is -0.450. The molecule has 1 fully saturated rings. The molecule has 3 aromatic rings. The van der Waals surface area contributed by atoms with Crippen LogP contribution in [0.5, 0.6) is 0 Å². The van der Waals surface area contributed by atoms with Crippen molar-refractivity contribution in [1.82, 2.24) is 20.2 Å². The summed E-state index contributed by atoms with van der Waals surface area (Å²) >= 11 is 0. The Hall–Kier alpha value is -3.05. The molecule has 160 valence electrons. The van der Waals surface area contributed by atoms with Crippen molar-refractivity contribution >= 4 is 5.91 Å². The highest BCUT2D eigenvalue weighted by atomic mass is 16.2. The number of amides is 1. The zero-order valence-electron chi connectivity index (χ0n) is 18.1. The van der Waals surface area contributed by atoms with Gasteiger partial charge in [0.1, 0.15) is 0 Å². The maximum atomic E-state index is 13.4. The van der Waals surface area contributed by atoms with Gasteiger partial charge in [0.05, 0.1) is 5.41 Å². The number of rotatable bonds is 7. The highest BCUT2D eigenvalue weighted by Crippen LogP contribution is 2.37. The summed E-state index contributed by atoms with van der Waals surface area (Å²) in [4.78, 5) is 24.4. The SMILES string of the molecule is CCNC(=O)[C@@]1(Cc2ccccc2-c2cccnc2)CCCN(Cc2cccnc2)C1. The zero-order chi connectivity index (χ0) is 21.5. The molecule has 0 spiro atoms. The largest absolute Gasteiger partial charge is 0.356 e. The Bertz CT molecular complexity index is 993. The number of carbonyl (C=O) groups is 1. The molecule has 0 unspecified atom stereocenters.